The molecule has 0 saturated heterocycles. The van der Waals surface area contributed by atoms with E-state index < -0.39 is 24.0 Å². The molecule has 1 rings (SSSR count). The van der Waals surface area contributed by atoms with Crippen molar-refractivity contribution in [3.05, 3.63) is 79.4 Å². The molecule has 0 saturated carbocycles. The summed E-state index contributed by atoms with van der Waals surface area (Å²) in [6.07, 6.45) is 6.03. The van der Waals surface area contributed by atoms with Crippen LogP contribution in [-0.4, -0.2) is 58.5 Å². The van der Waals surface area contributed by atoms with Crippen LogP contribution in [0.25, 0.3) is 6.08 Å². The molecule has 0 aliphatic heterocycles. The molecule has 0 atom stereocenters. The van der Waals surface area contributed by atoms with E-state index in [1.165, 1.54) is 11.6 Å². The molecule has 1 amide bonds. The number of hydrogen-bond donors (Lipinski definition) is 4. The number of esters is 1. The van der Waals surface area contributed by atoms with Crippen molar-refractivity contribution in [1.29, 1.82) is 0 Å². The third-order valence-electron chi connectivity index (χ3n) is 3.36. The average molecular weight is 538 g/mol. The number of carboxylic acid groups (broad SMARTS) is 3. The highest BCUT2D eigenvalue weighted by Crippen LogP contribution is 1.99. The summed E-state index contributed by atoms with van der Waals surface area (Å²) in [7, 11) is 0. The van der Waals surface area contributed by atoms with Crippen LogP contribution in [0.2, 0.25) is 0 Å². The molecule has 11 heteroatoms. The van der Waals surface area contributed by atoms with Crippen molar-refractivity contribution in [3.8, 4) is 0 Å². The van der Waals surface area contributed by atoms with E-state index in [1.807, 2.05) is 43.3 Å². The van der Waals surface area contributed by atoms with Crippen LogP contribution in [0.3, 0.4) is 0 Å². The van der Waals surface area contributed by atoms with E-state index in [1.54, 1.807) is 13.8 Å². The molecule has 0 aliphatic carbocycles. The van der Waals surface area contributed by atoms with Crippen LogP contribution in [0.15, 0.2) is 73.9 Å². The number of unbranched alkanes of at least 4 members (excludes halogenated alkanes) is 1. The lowest BCUT2D eigenvalue weighted by Crippen LogP contribution is -2.11. The Balaban J connectivity index is -0.000000194. The maximum atomic E-state index is 10.3. The van der Waals surface area contributed by atoms with Crippen molar-refractivity contribution >= 4 is 36.0 Å². The Bertz CT molecular complexity index is 877. The molecule has 0 radical (unpaired) electrons. The Hall–Kier alpha value is -4.67. The second-order valence-corrected chi connectivity index (χ2v) is 6.30. The van der Waals surface area contributed by atoms with Gasteiger partial charge >= 0.3 is 30.0 Å². The number of carbonyl (C=O) groups is 5. The summed E-state index contributed by atoms with van der Waals surface area (Å²) in [5.41, 5.74) is 5.63. The van der Waals surface area contributed by atoms with Crippen molar-refractivity contribution in [3.63, 3.8) is 0 Å². The predicted octanol–water partition coefficient (Wildman–Crippen LogP) is 4.70. The van der Waals surface area contributed by atoms with E-state index in [0.717, 1.165) is 18.9 Å². The maximum Gasteiger partial charge on any atom is 0.404 e. The van der Waals surface area contributed by atoms with Gasteiger partial charge in [-0.1, -0.05) is 76.4 Å². The molecular formula is C27H39NO10. The Labute approximate surface area is 223 Å². The lowest BCUT2D eigenvalue weighted by molar-refractivity contribution is -0.138. The second-order valence-electron chi connectivity index (χ2n) is 6.30. The molecule has 1 aromatic rings. The van der Waals surface area contributed by atoms with Gasteiger partial charge in [0.1, 0.15) is 0 Å². The molecule has 0 fully saturated rings. The van der Waals surface area contributed by atoms with Crippen molar-refractivity contribution < 1.29 is 48.8 Å². The molecule has 212 valence electrons. The van der Waals surface area contributed by atoms with Gasteiger partial charge in [-0.2, -0.15) is 0 Å². The monoisotopic (exact) mass is 537 g/mol. The molecule has 38 heavy (non-hydrogen) atoms. The lowest BCUT2D eigenvalue weighted by atomic mass is 10.2. The number of nitrogens with two attached hydrogens (primary N) is 1. The SMILES string of the molecule is C=CC(=O)O.C=CC(=O)OCCCC.C=Cc1ccccc1.CCC(=CC(=O)O)C(=O)O.CCOC(N)=O. The van der Waals surface area contributed by atoms with E-state index in [2.05, 4.69) is 34.9 Å². The number of ether oxygens (including phenoxy) is 2. The zero-order valence-corrected chi connectivity index (χ0v) is 22.1. The highest BCUT2D eigenvalue weighted by atomic mass is 16.5. The summed E-state index contributed by atoms with van der Waals surface area (Å²) in [4.78, 5) is 49.3. The van der Waals surface area contributed by atoms with Crippen LogP contribution in [0.5, 0.6) is 0 Å². The van der Waals surface area contributed by atoms with Crippen LogP contribution >= 0.6 is 0 Å². The third-order valence-corrected chi connectivity index (χ3v) is 3.36. The van der Waals surface area contributed by atoms with E-state index >= 15 is 0 Å². The predicted molar refractivity (Wildman–Crippen MR) is 145 cm³/mol. The number of aliphatic carboxylic acids is 3. The molecule has 0 spiro atoms. The van der Waals surface area contributed by atoms with Gasteiger partial charge in [-0.15, -0.1) is 0 Å². The van der Waals surface area contributed by atoms with Crippen LogP contribution in [-0.2, 0) is 28.7 Å². The molecule has 1 aromatic carbocycles. The van der Waals surface area contributed by atoms with E-state index in [0.29, 0.717) is 19.3 Å². The molecule has 11 nitrogen and oxygen atoms in total. The smallest absolute Gasteiger partial charge is 0.404 e. The van der Waals surface area contributed by atoms with E-state index in [9.17, 15) is 24.0 Å². The standard InChI is InChI=1S/C8H8.C7H12O2.C6H8O4.C3H7NO2.C3H4O2/c1-2-8-6-4-3-5-7-8;1-3-5-6-9-7(8)4-2;1-2-4(6(9)10)3-5(7)8;1-2-6-3(4)5;1-2-3(4)5/h2-7H,1H2;4H,2-3,5-6H2,1H3;3H,2H2,1H3,(H,7,8)(H,9,10);2H2,1H3,(H2,4,5);2H,1H2,(H,4,5). The Morgan fingerprint density at radius 2 is 1.39 bits per heavy atom. The highest BCUT2D eigenvalue weighted by Gasteiger charge is 2.05. The summed E-state index contributed by atoms with van der Waals surface area (Å²) < 4.78 is 8.86. The Morgan fingerprint density at radius 3 is 1.61 bits per heavy atom. The van der Waals surface area contributed by atoms with Gasteiger partial charge in [0, 0.05) is 23.8 Å². The van der Waals surface area contributed by atoms with Gasteiger partial charge in [0.15, 0.2) is 0 Å². The largest absolute Gasteiger partial charge is 0.478 e. The fourth-order valence-corrected chi connectivity index (χ4v) is 1.57. The summed E-state index contributed by atoms with van der Waals surface area (Å²) >= 11 is 0. The topological polar surface area (TPSA) is 191 Å². The fourth-order valence-electron chi connectivity index (χ4n) is 1.57. The number of carboxylic acids is 3. The number of rotatable bonds is 10. The first-order valence-electron chi connectivity index (χ1n) is 11.3. The zero-order valence-electron chi connectivity index (χ0n) is 22.1. The summed E-state index contributed by atoms with van der Waals surface area (Å²) in [5, 5.41) is 24.0. The van der Waals surface area contributed by atoms with Crippen molar-refractivity contribution in [2.45, 2.75) is 40.0 Å². The Kier molecular flexibility index (Phi) is 32.4. The first kappa shape index (κ1) is 40.5. The van der Waals surface area contributed by atoms with E-state index in [-0.39, 0.29) is 18.0 Å². The van der Waals surface area contributed by atoms with Gasteiger partial charge in [-0.25, -0.2) is 24.0 Å². The molecule has 0 heterocycles. The first-order valence-corrected chi connectivity index (χ1v) is 11.3. The van der Waals surface area contributed by atoms with Crippen LogP contribution in [0, 0.1) is 0 Å². The molecular weight excluding hydrogens is 498 g/mol. The average Bonchev–Trinajstić information content (AvgIpc) is 2.88. The van der Waals surface area contributed by atoms with Gasteiger partial charge in [-0.3, -0.25) is 0 Å². The number of benzene rings is 1. The normalized spacial score (nSPS) is 8.76. The Morgan fingerprint density at radius 1 is 0.868 bits per heavy atom. The van der Waals surface area contributed by atoms with Crippen LogP contribution in [0.4, 0.5) is 4.79 Å². The number of carbonyl (C=O) groups excluding carboxylic acids is 2. The maximum absolute atomic E-state index is 10.3. The van der Waals surface area contributed by atoms with Crippen LogP contribution < -0.4 is 5.73 Å². The second kappa shape index (κ2) is 30.4. The van der Waals surface area contributed by atoms with Gasteiger partial charge < -0.3 is 30.5 Å². The molecule has 0 bridgehead atoms. The van der Waals surface area contributed by atoms with Crippen LogP contribution in [0.1, 0.15) is 45.6 Å². The van der Waals surface area contributed by atoms with Crippen molar-refractivity contribution in [2.24, 2.45) is 5.73 Å². The van der Waals surface area contributed by atoms with Gasteiger partial charge in [0.05, 0.1) is 13.2 Å². The molecule has 0 unspecified atom stereocenters. The number of hydrogen-bond acceptors (Lipinski definition) is 7. The first-order chi connectivity index (χ1) is 17.9. The zero-order chi connectivity index (χ0) is 30.4. The minimum absolute atomic E-state index is 0.0903. The summed E-state index contributed by atoms with van der Waals surface area (Å²) in [6, 6.07) is 10.0. The quantitative estimate of drug-likeness (QED) is 0.185. The fraction of sp³-hybridized carbons (Fsp3) is 0.296. The third kappa shape index (κ3) is 38.6. The number of primary amides is 1. The minimum atomic E-state index is -1.22. The van der Waals surface area contributed by atoms with Gasteiger partial charge in [0.25, 0.3) is 0 Å². The lowest BCUT2D eigenvalue weighted by Gasteiger charge is -1.97. The van der Waals surface area contributed by atoms with E-state index in [4.69, 9.17) is 15.3 Å². The highest BCUT2D eigenvalue weighted by molar-refractivity contribution is 5.94. The summed E-state index contributed by atoms with van der Waals surface area (Å²) in [5.74, 6) is -3.71. The van der Waals surface area contributed by atoms with Gasteiger partial charge in [0.2, 0.25) is 0 Å². The van der Waals surface area contributed by atoms with Crippen molar-refractivity contribution in [1.82, 2.24) is 0 Å². The molecule has 0 aromatic heterocycles. The molecule has 0 aliphatic rings. The van der Waals surface area contributed by atoms with Crippen molar-refractivity contribution in [2.75, 3.05) is 13.2 Å². The minimum Gasteiger partial charge on any atom is -0.478 e. The number of amides is 1. The van der Waals surface area contributed by atoms with Gasteiger partial charge in [-0.05, 0) is 25.3 Å². The summed E-state index contributed by atoms with van der Waals surface area (Å²) in [6.45, 7) is 16.1. The molecule has 5 N–H and O–H groups in total.